The van der Waals surface area contributed by atoms with Gasteiger partial charge in [0, 0.05) is 24.6 Å². The fourth-order valence-electron chi connectivity index (χ4n) is 2.88. The average molecular weight is 368 g/mol. The monoisotopic (exact) mass is 368 g/mol. The molecule has 4 rings (SSSR count). The third-order valence-corrected chi connectivity index (χ3v) is 5.43. The van der Waals surface area contributed by atoms with Gasteiger partial charge in [-0.15, -0.1) is 10.2 Å². The highest BCUT2D eigenvalue weighted by molar-refractivity contribution is 7.98. The Balaban J connectivity index is 1.56. The minimum atomic E-state index is -0.312. The van der Waals surface area contributed by atoms with E-state index < -0.39 is 0 Å². The van der Waals surface area contributed by atoms with E-state index in [4.69, 9.17) is 10.7 Å². The van der Waals surface area contributed by atoms with Crippen molar-refractivity contribution in [1.29, 1.82) is 0 Å². The van der Waals surface area contributed by atoms with Gasteiger partial charge < -0.3 is 10.3 Å². The Morgan fingerprint density at radius 2 is 1.96 bits per heavy atom. The zero-order chi connectivity index (χ0) is 18.1. The second kappa shape index (κ2) is 7.03. The normalized spacial score (nSPS) is 14.0. The Hall–Kier alpha value is -2.48. The molecule has 134 valence electrons. The van der Waals surface area contributed by atoms with E-state index in [1.807, 2.05) is 35.8 Å². The van der Waals surface area contributed by atoms with Crippen LogP contribution in [0.3, 0.4) is 0 Å². The summed E-state index contributed by atoms with van der Waals surface area (Å²) in [7, 11) is 0. The molecular weight excluding hydrogens is 348 g/mol. The maximum absolute atomic E-state index is 11.2. The molecule has 1 amide bonds. The molecule has 26 heavy (non-hydrogen) atoms. The van der Waals surface area contributed by atoms with Gasteiger partial charge in [0.2, 0.25) is 5.91 Å². The van der Waals surface area contributed by atoms with Crippen LogP contribution in [-0.4, -0.2) is 30.6 Å². The predicted octanol–water partition coefficient (Wildman–Crippen LogP) is 2.57. The van der Waals surface area contributed by atoms with E-state index in [1.54, 1.807) is 11.8 Å². The molecule has 1 aromatic carbocycles. The Bertz CT molecular complexity index is 965. The van der Waals surface area contributed by atoms with Gasteiger partial charge >= 0.3 is 0 Å². The van der Waals surface area contributed by atoms with Crippen molar-refractivity contribution < 1.29 is 4.79 Å². The molecule has 8 heteroatoms. The van der Waals surface area contributed by atoms with Gasteiger partial charge in [-0.25, -0.2) is 9.97 Å². The molecule has 0 saturated heterocycles. The van der Waals surface area contributed by atoms with Crippen molar-refractivity contribution in [1.82, 2.24) is 24.7 Å². The highest BCUT2D eigenvalue weighted by atomic mass is 32.2. The van der Waals surface area contributed by atoms with E-state index in [0.29, 0.717) is 24.6 Å². The molecule has 3 aromatic rings. The molecule has 2 N–H and O–H groups in total. The van der Waals surface area contributed by atoms with Crippen LogP contribution in [0, 0.1) is 6.92 Å². The maximum Gasteiger partial charge on any atom is 0.219 e. The number of thioether (sulfide) groups is 1. The maximum atomic E-state index is 11.2. The number of carbonyl (C=O) groups is 1. The molecular formula is C18H20N6OS. The zero-order valence-corrected chi connectivity index (χ0v) is 15.4. The molecule has 1 aliphatic rings. The Morgan fingerprint density at radius 3 is 2.65 bits per heavy atom. The number of nitrogens with zero attached hydrogens (tertiary/aromatic N) is 5. The van der Waals surface area contributed by atoms with Crippen molar-refractivity contribution in [2.75, 3.05) is 0 Å². The highest BCUT2D eigenvalue weighted by Gasteiger charge is 2.30. The molecule has 0 spiro atoms. The van der Waals surface area contributed by atoms with E-state index in [2.05, 4.69) is 15.2 Å². The number of benzene rings is 1. The van der Waals surface area contributed by atoms with Crippen LogP contribution < -0.4 is 5.73 Å². The van der Waals surface area contributed by atoms with Gasteiger partial charge in [-0.05, 0) is 31.9 Å². The summed E-state index contributed by atoms with van der Waals surface area (Å²) in [5.74, 6) is 1.78. The molecule has 0 radical (unpaired) electrons. The Kier molecular flexibility index (Phi) is 4.58. The van der Waals surface area contributed by atoms with Crippen LogP contribution in [-0.2, 0) is 17.1 Å². The molecule has 1 aliphatic carbocycles. The first-order valence-electron chi connectivity index (χ1n) is 8.68. The first-order valence-corrected chi connectivity index (χ1v) is 9.67. The fourth-order valence-corrected chi connectivity index (χ4v) is 3.86. The molecule has 0 bridgehead atoms. The van der Waals surface area contributed by atoms with Crippen molar-refractivity contribution >= 4 is 28.7 Å². The summed E-state index contributed by atoms with van der Waals surface area (Å²) in [4.78, 5) is 20.6. The molecule has 0 atom stereocenters. The molecule has 0 aliphatic heterocycles. The first-order chi connectivity index (χ1) is 12.6. The quantitative estimate of drug-likeness (QED) is 0.644. The van der Waals surface area contributed by atoms with E-state index in [9.17, 15) is 4.79 Å². The molecule has 1 saturated carbocycles. The van der Waals surface area contributed by atoms with Crippen LogP contribution >= 0.6 is 11.8 Å². The third kappa shape index (κ3) is 3.55. The van der Waals surface area contributed by atoms with E-state index in [0.717, 1.165) is 46.2 Å². The molecule has 2 heterocycles. The van der Waals surface area contributed by atoms with Crippen molar-refractivity contribution in [3.05, 3.63) is 41.5 Å². The predicted molar refractivity (Wildman–Crippen MR) is 99.6 cm³/mol. The zero-order valence-electron chi connectivity index (χ0n) is 14.6. The van der Waals surface area contributed by atoms with E-state index in [-0.39, 0.29) is 5.91 Å². The number of fused-ring (bicyclic) bond motifs is 1. The van der Waals surface area contributed by atoms with Crippen molar-refractivity contribution in [2.45, 2.75) is 49.6 Å². The molecule has 0 unspecified atom stereocenters. The van der Waals surface area contributed by atoms with Crippen LogP contribution in [0.5, 0.6) is 0 Å². The van der Waals surface area contributed by atoms with Gasteiger partial charge in [0.1, 0.15) is 5.82 Å². The lowest BCUT2D eigenvalue weighted by Crippen LogP contribution is -2.15. The number of aromatic nitrogens is 5. The minimum Gasteiger partial charge on any atom is -0.370 e. The number of hydrogen-bond donors (Lipinski definition) is 1. The van der Waals surface area contributed by atoms with Crippen LogP contribution in [0.15, 0.2) is 29.4 Å². The molecule has 2 aromatic heterocycles. The van der Waals surface area contributed by atoms with Gasteiger partial charge in [0.15, 0.2) is 5.16 Å². The van der Waals surface area contributed by atoms with Crippen LogP contribution in [0.2, 0.25) is 0 Å². The van der Waals surface area contributed by atoms with Crippen LogP contribution in [0.1, 0.15) is 42.4 Å². The smallest absolute Gasteiger partial charge is 0.219 e. The summed E-state index contributed by atoms with van der Waals surface area (Å²) < 4.78 is 2.04. The largest absolute Gasteiger partial charge is 0.370 e. The number of rotatable bonds is 7. The Labute approximate surface area is 155 Å². The summed E-state index contributed by atoms with van der Waals surface area (Å²) in [6, 6.07) is 7.86. The van der Waals surface area contributed by atoms with Crippen molar-refractivity contribution in [3.63, 3.8) is 0 Å². The Morgan fingerprint density at radius 1 is 1.23 bits per heavy atom. The van der Waals surface area contributed by atoms with Gasteiger partial charge in [-0.1, -0.05) is 23.9 Å². The summed E-state index contributed by atoms with van der Waals surface area (Å²) in [6.07, 6.45) is 2.56. The third-order valence-electron chi connectivity index (χ3n) is 4.45. The minimum absolute atomic E-state index is 0.292. The number of para-hydroxylation sites is 2. The van der Waals surface area contributed by atoms with Crippen molar-refractivity contribution in [3.8, 4) is 0 Å². The molecule has 1 fully saturated rings. The second-order valence-corrected chi connectivity index (χ2v) is 7.46. The number of aryl methyl sites for hydroxylation is 1. The van der Waals surface area contributed by atoms with Crippen molar-refractivity contribution in [2.24, 2.45) is 5.73 Å². The first kappa shape index (κ1) is 17.0. The van der Waals surface area contributed by atoms with Gasteiger partial charge in [-0.3, -0.25) is 4.79 Å². The van der Waals surface area contributed by atoms with Crippen LogP contribution in [0.25, 0.3) is 11.0 Å². The van der Waals surface area contributed by atoms with Gasteiger partial charge in [0.05, 0.1) is 22.4 Å². The number of amides is 1. The van der Waals surface area contributed by atoms with Gasteiger partial charge in [0.25, 0.3) is 0 Å². The lowest BCUT2D eigenvalue weighted by molar-refractivity contribution is -0.118. The summed E-state index contributed by atoms with van der Waals surface area (Å²) >= 11 is 1.58. The SMILES string of the molecule is Cc1nc2ccccc2nc1CSc1nnc(C2CC2)n1CCC(N)=O. The average Bonchev–Trinajstić information content (AvgIpc) is 3.39. The standard InChI is InChI=1S/C18H20N6OS/c1-11-15(21-14-5-3-2-4-13(14)20-11)10-26-18-23-22-17(12-6-7-12)24(18)9-8-16(19)25/h2-5,12H,6-10H2,1H3,(H2,19,25). The van der Waals surface area contributed by atoms with E-state index in [1.165, 1.54) is 0 Å². The summed E-state index contributed by atoms with van der Waals surface area (Å²) in [6.45, 7) is 2.50. The lowest BCUT2D eigenvalue weighted by Gasteiger charge is -2.09. The number of carbonyl (C=O) groups excluding carboxylic acids is 1. The van der Waals surface area contributed by atoms with E-state index >= 15 is 0 Å². The summed E-state index contributed by atoms with van der Waals surface area (Å²) in [5, 5.41) is 9.49. The lowest BCUT2D eigenvalue weighted by atomic mass is 10.2. The van der Waals surface area contributed by atoms with Gasteiger partial charge in [-0.2, -0.15) is 0 Å². The van der Waals surface area contributed by atoms with Crippen LogP contribution in [0.4, 0.5) is 0 Å². The summed E-state index contributed by atoms with van der Waals surface area (Å²) in [5.41, 5.74) is 8.97. The molecule has 7 nitrogen and oxygen atoms in total. The highest BCUT2D eigenvalue weighted by Crippen LogP contribution is 2.40. The number of primary amides is 1. The number of nitrogens with two attached hydrogens (primary N) is 1. The fraction of sp³-hybridized carbons (Fsp3) is 0.389. The second-order valence-electron chi connectivity index (χ2n) is 6.52. The topological polar surface area (TPSA) is 99.6 Å². The number of hydrogen-bond acceptors (Lipinski definition) is 6.